The number of hydrogen-bond donors (Lipinski definition) is 3. The molecule has 1 heterocycles. The Hall–Kier alpha value is -3.84. The maximum absolute atomic E-state index is 14.5. The van der Waals surface area contributed by atoms with Crippen molar-refractivity contribution in [2.45, 2.75) is 142 Å². The van der Waals surface area contributed by atoms with E-state index in [1.807, 2.05) is 107 Å². The van der Waals surface area contributed by atoms with E-state index in [9.17, 15) is 19.2 Å². The van der Waals surface area contributed by atoms with Gasteiger partial charge in [0.05, 0.1) is 54.8 Å². The van der Waals surface area contributed by atoms with Gasteiger partial charge in [-0.25, -0.2) is 0 Å². The van der Waals surface area contributed by atoms with Crippen molar-refractivity contribution in [2.24, 2.45) is 23.7 Å². The monoisotopic (exact) mass is 835 g/mol. The van der Waals surface area contributed by atoms with Crippen LogP contribution in [0, 0.1) is 23.7 Å². The number of likely N-dealkylation sites (N-methyl/N-ethyl adjacent to an activating group) is 2. The van der Waals surface area contributed by atoms with Crippen LogP contribution in [0.1, 0.15) is 111 Å². The Bertz CT molecular complexity index is 1620. The van der Waals surface area contributed by atoms with E-state index in [-0.39, 0.29) is 72.0 Å². The molecule has 2 aromatic carbocycles. The van der Waals surface area contributed by atoms with Gasteiger partial charge >= 0.3 is 0 Å². The highest BCUT2D eigenvalue weighted by molar-refractivity contribution is 5.90. The summed E-state index contributed by atoms with van der Waals surface area (Å²) in [6.45, 7) is 18.6. The SMILES string of the molecule is CC[C@@H](C)C([C@H](CC(=O)N1CCC[C@@H]1[C@@H](OC)[C@H](C)C(=O)N[C@H](c1ccccc1)C(NC(C)C)c1ccccc1)OC)N(C)C(=O)[C@H](NC(=O)[C@@H](C(C)C)N(C)C)C(C)C. The minimum atomic E-state index is -0.757. The summed E-state index contributed by atoms with van der Waals surface area (Å²) in [6.07, 6.45) is 1.07. The summed E-state index contributed by atoms with van der Waals surface area (Å²) in [5.74, 6) is -1.41. The minimum absolute atomic E-state index is 0.0160. The summed E-state index contributed by atoms with van der Waals surface area (Å²) in [5.41, 5.74) is 2.04. The maximum atomic E-state index is 14.5. The number of rotatable bonds is 23. The summed E-state index contributed by atoms with van der Waals surface area (Å²) in [7, 11) is 8.69. The number of likely N-dealkylation sites (tertiary alicyclic amines) is 1. The molecule has 1 aliphatic heterocycles. The van der Waals surface area contributed by atoms with Gasteiger partial charge in [-0.15, -0.1) is 0 Å². The number of ether oxygens (including phenoxy) is 2. The molecular weight excluding hydrogens is 757 g/mol. The van der Waals surface area contributed by atoms with Crippen LogP contribution in [0.5, 0.6) is 0 Å². The van der Waals surface area contributed by atoms with E-state index in [1.165, 1.54) is 0 Å². The first-order valence-corrected chi connectivity index (χ1v) is 22.1. The highest BCUT2D eigenvalue weighted by Crippen LogP contribution is 2.33. The molecule has 1 aliphatic rings. The zero-order valence-corrected chi connectivity index (χ0v) is 39.1. The number of benzene rings is 2. The lowest BCUT2D eigenvalue weighted by Crippen LogP contribution is -2.59. The van der Waals surface area contributed by atoms with Gasteiger partial charge in [-0.1, -0.05) is 129 Å². The molecule has 0 spiro atoms. The lowest BCUT2D eigenvalue weighted by Gasteiger charge is -2.41. The summed E-state index contributed by atoms with van der Waals surface area (Å²) < 4.78 is 12.2. The third-order valence-corrected chi connectivity index (χ3v) is 12.4. The van der Waals surface area contributed by atoms with E-state index >= 15 is 0 Å². The maximum Gasteiger partial charge on any atom is 0.245 e. The third-order valence-electron chi connectivity index (χ3n) is 12.4. The van der Waals surface area contributed by atoms with Crippen LogP contribution >= 0.6 is 0 Å². The van der Waals surface area contributed by atoms with Crippen LogP contribution in [0.2, 0.25) is 0 Å². The smallest absolute Gasteiger partial charge is 0.245 e. The number of carbonyl (C=O) groups is 4. The Morgan fingerprint density at radius 2 is 1.33 bits per heavy atom. The molecular formula is C48H78N6O6. The van der Waals surface area contributed by atoms with Gasteiger partial charge in [-0.05, 0) is 55.8 Å². The number of methoxy groups -OCH3 is 2. The molecule has 0 radical (unpaired) electrons. The predicted molar refractivity (Wildman–Crippen MR) is 240 cm³/mol. The normalized spacial score (nSPS) is 19.0. The van der Waals surface area contributed by atoms with Crippen molar-refractivity contribution < 1.29 is 28.7 Å². The van der Waals surface area contributed by atoms with Gasteiger partial charge < -0.3 is 35.2 Å². The molecule has 12 heteroatoms. The molecule has 0 saturated carbocycles. The van der Waals surface area contributed by atoms with Gasteiger partial charge in [0.1, 0.15) is 6.04 Å². The standard InChI is InChI=1S/C48H78N6O6/c1-15-33(8)44(53(12)48(58)40(30(2)3)50-47(57)43(31(4)5)52(10)11)38(59-13)29-39(55)54-28-22-27-37(54)45(60-14)34(9)46(56)51-42(36-25-20-17-21-26-36)41(49-32(6)7)35-23-18-16-19-24-35/h16-21,23-26,30-34,37-38,40-45,49H,15,22,27-29H2,1-14H3,(H,50,57)(H,51,56)/t33-,34+,37-,38+,40-,41?,42-,43-,44?,45+/m1/s1. The first kappa shape index (κ1) is 50.5. The van der Waals surface area contributed by atoms with Crippen LogP contribution in [-0.2, 0) is 28.7 Å². The number of carbonyl (C=O) groups excluding carboxylic acids is 4. The van der Waals surface area contributed by atoms with E-state index in [4.69, 9.17) is 9.47 Å². The minimum Gasteiger partial charge on any atom is -0.379 e. The molecule has 2 unspecified atom stereocenters. The number of hydrogen-bond acceptors (Lipinski definition) is 8. The fourth-order valence-electron chi connectivity index (χ4n) is 9.12. The van der Waals surface area contributed by atoms with E-state index in [1.54, 1.807) is 26.2 Å². The molecule has 0 bridgehead atoms. The molecule has 10 atom stereocenters. The average molecular weight is 835 g/mol. The second-order valence-electron chi connectivity index (χ2n) is 18.1. The van der Waals surface area contributed by atoms with Gasteiger partial charge in [-0.3, -0.25) is 24.1 Å². The Kier molecular flexibility index (Phi) is 20.2. The lowest BCUT2D eigenvalue weighted by molar-refractivity contribution is -0.148. The second-order valence-corrected chi connectivity index (χ2v) is 18.1. The zero-order chi connectivity index (χ0) is 44.8. The van der Waals surface area contributed by atoms with Crippen LogP contribution in [0.4, 0.5) is 0 Å². The van der Waals surface area contributed by atoms with E-state index in [0.29, 0.717) is 13.0 Å². The predicted octanol–water partition coefficient (Wildman–Crippen LogP) is 6.23. The third kappa shape index (κ3) is 13.1. The van der Waals surface area contributed by atoms with Gasteiger partial charge in [0.15, 0.2) is 0 Å². The molecule has 12 nitrogen and oxygen atoms in total. The van der Waals surface area contributed by atoms with Gasteiger partial charge in [0.25, 0.3) is 0 Å². The second kappa shape index (κ2) is 24.0. The molecule has 2 aromatic rings. The van der Waals surface area contributed by atoms with E-state index in [0.717, 1.165) is 24.0 Å². The van der Waals surface area contributed by atoms with Crippen molar-refractivity contribution in [1.29, 1.82) is 0 Å². The molecule has 336 valence electrons. The van der Waals surface area contributed by atoms with E-state index in [2.05, 4.69) is 55.8 Å². The first-order chi connectivity index (χ1) is 28.4. The van der Waals surface area contributed by atoms with Crippen LogP contribution < -0.4 is 16.0 Å². The summed E-state index contributed by atoms with van der Waals surface area (Å²) in [5, 5.41) is 10.2. The highest BCUT2D eigenvalue weighted by Gasteiger charge is 2.43. The Morgan fingerprint density at radius 1 is 0.767 bits per heavy atom. The highest BCUT2D eigenvalue weighted by atomic mass is 16.5. The zero-order valence-electron chi connectivity index (χ0n) is 39.1. The van der Waals surface area contributed by atoms with Crippen LogP contribution in [0.25, 0.3) is 0 Å². The molecule has 1 saturated heterocycles. The Balaban J connectivity index is 1.86. The van der Waals surface area contributed by atoms with Crippen LogP contribution in [-0.4, -0.2) is 123 Å². The van der Waals surface area contributed by atoms with Gasteiger partial charge in [0.2, 0.25) is 23.6 Å². The fourth-order valence-corrected chi connectivity index (χ4v) is 9.12. The van der Waals surface area contributed by atoms with Crippen molar-refractivity contribution in [3.8, 4) is 0 Å². The lowest BCUT2D eigenvalue weighted by atomic mass is 9.89. The molecule has 1 fully saturated rings. The topological polar surface area (TPSA) is 133 Å². The Morgan fingerprint density at radius 3 is 1.80 bits per heavy atom. The molecule has 3 N–H and O–H groups in total. The summed E-state index contributed by atoms with van der Waals surface area (Å²) in [6, 6.07) is 17.8. The summed E-state index contributed by atoms with van der Waals surface area (Å²) >= 11 is 0. The largest absolute Gasteiger partial charge is 0.379 e. The van der Waals surface area contributed by atoms with Gasteiger partial charge in [0, 0.05) is 33.9 Å². The van der Waals surface area contributed by atoms with Crippen LogP contribution in [0.15, 0.2) is 60.7 Å². The van der Waals surface area contributed by atoms with Crippen molar-refractivity contribution in [3.63, 3.8) is 0 Å². The average Bonchev–Trinajstić information content (AvgIpc) is 3.70. The summed E-state index contributed by atoms with van der Waals surface area (Å²) in [4.78, 5) is 62.2. The van der Waals surface area contributed by atoms with E-state index < -0.39 is 36.3 Å². The van der Waals surface area contributed by atoms with Crippen molar-refractivity contribution in [1.82, 2.24) is 30.7 Å². The first-order valence-electron chi connectivity index (χ1n) is 22.1. The molecule has 4 amide bonds. The number of amides is 4. The molecule has 0 aromatic heterocycles. The number of nitrogens with one attached hydrogen (secondary N) is 3. The van der Waals surface area contributed by atoms with Crippen molar-refractivity contribution in [3.05, 3.63) is 71.8 Å². The molecule has 0 aliphatic carbocycles. The fraction of sp³-hybridized carbons (Fsp3) is 0.667. The van der Waals surface area contributed by atoms with Crippen LogP contribution in [0.3, 0.4) is 0 Å². The number of nitrogens with zero attached hydrogens (tertiary/aromatic N) is 3. The quantitative estimate of drug-likeness (QED) is 0.120. The van der Waals surface area contributed by atoms with Crippen molar-refractivity contribution >= 4 is 23.6 Å². The van der Waals surface area contributed by atoms with Crippen molar-refractivity contribution in [2.75, 3.05) is 41.9 Å². The molecule has 3 rings (SSSR count). The van der Waals surface area contributed by atoms with Gasteiger partial charge in [-0.2, -0.15) is 0 Å². The molecule has 60 heavy (non-hydrogen) atoms. The Labute approximate surface area is 361 Å².